The second-order valence-electron chi connectivity index (χ2n) is 9.19. The lowest BCUT2D eigenvalue weighted by Crippen LogP contribution is -2.41. The van der Waals surface area contributed by atoms with Crippen LogP contribution in [0.2, 0.25) is 0 Å². The van der Waals surface area contributed by atoms with Gasteiger partial charge >= 0.3 is 0 Å². The third kappa shape index (κ3) is 6.73. The van der Waals surface area contributed by atoms with Crippen LogP contribution in [0.3, 0.4) is 0 Å². The average Bonchev–Trinajstić information content (AvgIpc) is 2.80. The molecular formula is C23H37N3O5S. The first-order valence-electron chi connectivity index (χ1n) is 11.9. The van der Waals surface area contributed by atoms with Crippen LogP contribution in [0.4, 0.5) is 5.69 Å². The van der Waals surface area contributed by atoms with Crippen LogP contribution in [0.25, 0.3) is 0 Å². The molecule has 0 spiro atoms. The van der Waals surface area contributed by atoms with Gasteiger partial charge in [0, 0.05) is 25.2 Å². The molecule has 0 radical (unpaired) electrons. The predicted molar refractivity (Wildman–Crippen MR) is 124 cm³/mol. The Kier molecular flexibility index (Phi) is 9.04. The number of hydrogen-bond acceptors (Lipinski definition) is 6. The number of likely N-dealkylation sites (tertiary alicyclic amines) is 1. The smallest absolute Gasteiger partial charge is 0.269 e. The molecule has 0 amide bonds. The molecule has 180 valence electrons. The van der Waals surface area contributed by atoms with E-state index in [2.05, 4.69) is 11.8 Å². The Labute approximate surface area is 192 Å². The van der Waals surface area contributed by atoms with E-state index in [-0.39, 0.29) is 28.8 Å². The molecule has 0 aromatic heterocycles. The second-order valence-corrected chi connectivity index (χ2v) is 11.2. The maximum absolute atomic E-state index is 12.9. The highest BCUT2D eigenvalue weighted by atomic mass is 32.2. The monoisotopic (exact) mass is 467 g/mol. The summed E-state index contributed by atoms with van der Waals surface area (Å²) in [6.45, 7) is 5.77. The van der Waals surface area contributed by atoms with Gasteiger partial charge in [-0.05, 0) is 90.1 Å². The summed E-state index contributed by atoms with van der Waals surface area (Å²) in [6.07, 6.45) is 9.85. The first kappa shape index (κ1) is 25.1. The third-order valence-corrected chi connectivity index (χ3v) is 8.77. The number of ether oxygens (including phenoxy) is 1. The number of sulfonamides is 1. The number of hydrogen-bond donors (Lipinski definition) is 0. The molecule has 0 N–H and O–H groups in total. The summed E-state index contributed by atoms with van der Waals surface area (Å²) in [5.74, 6) is 0. The minimum absolute atomic E-state index is 0.0792. The topological polar surface area (TPSA) is 93.0 Å². The van der Waals surface area contributed by atoms with E-state index < -0.39 is 14.9 Å². The number of nitrogens with zero attached hydrogens (tertiary/aromatic N) is 3. The van der Waals surface area contributed by atoms with E-state index in [9.17, 15) is 18.5 Å². The highest BCUT2D eigenvalue weighted by Crippen LogP contribution is 2.29. The normalized spacial score (nSPS) is 23.8. The number of non-ortho nitro benzene ring substituents is 1. The summed E-state index contributed by atoms with van der Waals surface area (Å²) < 4.78 is 33.6. The van der Waals surface area contributed by atoms with Crippen molar-refractivity contribution in [2.75, 3.05) is 26.7 Å². The Hall–Kier alpha value is -1.55. The summed E-state index contributed by atoms with van der Waals surface area (Å²) in [5, 5.41) is 10.8. The Bertz CT molecular complexity index is 832. The molecule has 0 bridgehead atoms. The van der Waals surface area contributed by atoms with E-state index in [1.807, 2.05) is 0 Å². The zero-order valence-corrected chi connectivity index (χ0v) is 20.1. The van der Waals surface area contributed by atoms with Crippen molar-refractivity contribution >= 4 is 15.7 Å². The lowest BCUT2D eigenvalue weighted by Gasteiger charge is -2.35. The lowest BCUT2D eigenvalue weighted by molar-refractivity contribution is -0.384. The maximum atomic E-state index is 12.9. The maximum Gasteiger partial charge on any atom is 0.269 e. The van der Waals surface area contributed by atoms with Crippen molar-refractivity contribution in [3.63, 3.8) is 0 Å². The van der Waals surface area contributed by atoms with Crippen LogP contribution >= 0.6 is 0 Å². The minimum Gasteiger partial charge on any atom is -0.375 e. The SMILES string of the molecule is CC(CCCN1CCCCC1)OC1CCC(N(C)S(=O)(=O)c2ccc([N+](=O)[O-])cc2)CC1. The number of nitro groups is 1. The molecule has 1 aromatic carbocycles. The van der Waals surface area contributed by atoms with Crippen molar-refractivity contribution in [2.45, 2.75) is 87.9 Å². The molecule has 1 heterocycles. The number of nitro benzene ring substituents is 1. The zero-order chi connectivity index (χ0) is 23.1. The summed E-state index contributed by atoms with van der Waals surface area (Å²) in [4.78, 5) is 12.9. The minimum atomic E-state index is -3.68. The van der Waals surface area contributed by atoms with E-state index in [4.69, 9.17) is 4.74 Å². The predicted octanol–water partition coefficient (Wildman–Crippen LogP) is 4.20. The second kappa shape index (κ2) is 11.5. The van der Waals surface area contributed by atoms with Crippen molar-refractivity contribution in [3.05, 3.63) is 34.4 Å². The molecule has 32 heavy (non-hydrogen) atoms. The van der Waals surface area contributed by atoms with Gasteiger partial charge in [0.15, 0.2) is 0 Å². The fourth-order valence-electron chi connectivity index (χ4n) is 4.83. The molecule has 1 aromatic rings. The van der Waals surface area contributed by atoms with E-state index in [0.29, 0.717) is 0 Å². The number of piperidine rings is 1. The lowest BCUT2D eigenvalue weighted by atomic mass is 9.93. The summed E-state index contributed by atoms with van der Waals surface area (Å²) in [5.41, 5.74) is -0.116. The summed E-state index contributed by atoms with van der Waals surface area (Å²) in [6, 6.07) is 5.01. The van der Waals surface area contributed by atoms with Crippen molar-refractivity contribution in [3.8, 4) is 0 Å². The van der Waals surface area contributed by atoms with Crippen LogP contribution in [-0.2, 0) is 14.8 Å². The zero-order valence-electron chi connectivity index (χ0n) is 19.3. The molecule has 2 fully saturated rings. The Morgan fingerprint density at radius 2 is 1.75 bits per heavy atom. The standard InChI is InChI=1S/C23H37N3O5S/c1-19(7-6-18-25-16-4-3-5-17-25)31-22-12-8-20(9-13-22)24(2)32(29,30)23-14-10-21(11-15-23)26(27)28/h10-11,14-15,19-20,22H,3-9,12-13,16-18H2,1-2H3. The van der Waals surface area contributed by atoms with Gasteiger partial charge in [0.25, 0.3) is 5.69 Å². The van der Waals surface area contributed by atoms with Crippen LogP contribution in [0.5, 0.6) is 0 Å². The first-order valence-corrected chi connectivity index (χ1v) is 13.3. The van der Waals surface area contributed by atoms with Gasteiger partial charge in [0.05, 0.1) is 22.0 Å². The molecule has 1 saturated carbocycles. The van der Waals surface area contributed by atoms with E-state index >= 15 is 0 Å². The average molecular weight is 468 g/mol. The Balaban J connectivity index is 1.42. The van der Waals surface area contributed by atoms with Crippen LogP contribution in [0, 0.1) is 10.1 Å². The van der Waals surface area contributed by atoms with Crippen molar-refractivity contribution in [2.24, 2.45) is 0 Å². The Morgan fingerprint density at radius 1 is 1.12 bits per heavy atom. The largest absolute Gasteiger partial charge is 0.375 e. The van der Waals surface area contributed by atoms with Gasteiger partial charge in [-0.15, -0.1) is 0 Å². The number of rotatable bonds is 10. The van der Waals surface area contributed by atoms with Crippen LogP contribution in [0.15, 0.2) is 29.2 Å². The summed E-state index contributed by atoms with van der Waals surface area (Å²) >= 11 is 0. The molecule has 1 aliphatic heterocycles. The molecule has 1 atom stereocenters. The molecular weight excluding hydrogens is 430 g/mol. The molecule has 8 nitrogen and oxygen atoms in total. The quantitative estimate of drug-likeness (QED) is 0.378. The molecule has 3 rings (SSSR count). The van der Waals surface area contributed by atoms with Crippen molar-refractivity contribution in [1.29, 1.82) is 0 Å². The van der Waals surface area contributed by atoms with E-state index in [0.717, 1.165) is 45.1 Å². The molecule has 1 unspecified atom stereocenters. The van der Waals surface area contributed by atoms with Gasteiger partial charge in [-0.2, -0.15) is 4.31 Å². The highest BCUT2D eigenvalue weighted by Gasteiger charge is 2.32. The van der Waals surface area contributed by atoms with Crippen LogP contribution in [-0.4, -0.2) is 67.5 Å². The highest BCUT2D eigenvalue weighted by molar-refractivity contribution is 7.89. The van der Waals surface area contributed by atoms with Gasteiger partial charge in [0.1, 0.15) is 0 Å². The van der Waals surface area contributed by atoms with Gasteiger partial charge in [0.2, 0.25) is 10.0 Å². The van der Waals surface area contributed by atoms with Crippen LogP contribution in [0.1, 0.15) is 64.7 Å². The fraction of sp³-hybridized carbons (Fsp3) is 0.739. The molecule has 2 aliphatic rings. The molecule has 1 saturated heterocycles. The van der Waals surface area contributed by atoms with Crippen LogP contribution < -0.4 is 0 Å². The van der Waals surface area contributed by atoms with E-state index in [1.165, 1.54) is 60.9 Å². The van der Waals surface area contributed by atoms with Gasteiger partial charge in [-0.3, -0.25) is 10.1 Å². The van der Waals surface area contributed by atoms with Gasteiger partial charge in [-0.25, -0.2) is 8.42 Å². The first-order chi connectivity index (χ1) is 15.3. The number of benzene rings is 1. The van der Waals surface area contributed by atoms with Gasteiger partial charge in [-0.1, -0.05) is 6.42 Å². The third-order valence-electron chi connectivity index (χ3n) is 6.84. The van der Waals surface area contributed by atoms with Crippen molar-refractivity contribution in [1.82, 2.24) is 9.21 Å². The molecule has 9 heteroatoms. The summed E-state index contributed by atoms with van der Waals surface area (Å²) in [7, 11) is -2.08. The van der Waals surface area contributed by atoms with Crippen molar-refractivity contribution < 1.29 is 18.1 Å². The Morgan fingerprint density at radius 3 is 2.34 bits per heavy atom. The fourth-order valence-corrected chi connectivity index (χ4v) is 6.25. The molecule has 1 aliphatic carbocycles. The van der Waals surface area contributed by atoms with Gasteiger partial charge < -0.3 is 9.64 Å². The van der Waals surface area contributed by atoms with E-state index in [1.54, 1.807) is 7.05 Å².